The Morgan fingerprint density at radius 2 is 2.19 bits per heavy atom. The average Bonchev–Trinajstić information content (AvgIpc) is 3.09. The lowest BCUT2D eigenvalue weighted by molar-refractivity contribution is 0.0954. The number of aryl methyl sites for hydroxylation is 1. The van der Waals surface area contributed by atoms with Crippen LogP contribution in [0.25, 0.3) is 10.6 Å². The minimum absolute atomic E-state index is 0.0736. The number of thiophene rings is 1. The zero-order valence-electron chi connectivity index (χ0n) is 12.4. The Hall–Kier alpha value is -1.82. The highest BCUT2D eigenvalue weighted by molar-refractivity contribution is 7.15. The number of hydrogen-bond acceptors (Lipinski definition) is 5. The first-order valence-electron chi connectivity index (χ1n) is 7.29. The lowest BCUT2D eigenvalue weighted by atomic mass is 10.2. The van der Waals surface area contributed by atoms with Gasteiger partial charge in [-0.05, 0) is 25.0 Å². The zero-order valence-corrected chi connectivity index (χ0v) is 13.3. The molecule has 1 amide bonds. The summed E-state index contributed by atoms with van der Waals surface area (Å²) in [6.45, 7) is 4.86. The SMILES string of the molecule is CCCCCNC(=O)c1c(-c2ccc(CC)s2)noc1N. The monoisotopic (exact) mass is 307 g/mol. The molecule has 21 heavy (non-hydrogen) atoms. The van der Waals surface area contributed by atoms with Crippen LogP contribution in [0, 0.1) is 0 Å². The van der Waals surface area contributed by atoms with Crippen LogP contribution in [0.1, 0.15) is 48.3 Å². The van der Waals surface area contributed by atoms with Crippen LogP contribution >= 0.6 is 11.3 Å². The van der Waals surface area contributed by atoms with Gasteiger partial charge in [-0.15, -0.1) is 11.3 Å². The molecule has 0 saturated heterocycles. The van der Waals surface area contributed by atoms with Gasteiger partial charge in [0.1, 0.15) is 11.3 Å². The molecule has 5 nitrogen and oxygen atoms in total. The van der Waals surface area contributed by atoms with Crippen LogP contribution in [0.4, 0.5) is 5.88 Å². The predicted molar refractivity (Wildman–Crippen MR) is 85.5 cm³/mol. The van der Waals surface area contributed by atoms with Gasteiger partial charge in [-0.1, -0.05) is 31.8 Å². The molecule has 0 bridgehead atoms. The fourth-order valence-corrected chi connectivity index (χ4v) is 2.99. The molecule has 0 unspecified atom stereocenters. The normalized spacial score (nSPS) is 10.8. The van der Waals surface area contributed by atoms with Crippen molar-refractivity contribution in [1.29, 1.82) is 0 Å². The summed E-state index contributed by atoms with van der Waals surface area (Å²) in [6, 6.07) is 3.99. The van der Waals surface area contributed by atoms with Gasteiger partial charge in [0, 0.05) is 11.4 Å². The number of nitrogens with zero attached hydrogens (tertiary/aromatic N) is 1. The summed E-state index contributed by atoms with van der Waals surface area (Å²) in [5.41, 5.74) is 6.64. The Morgan fingerprint density at radius 1 is 1.38 bits per heavy atom. The van der Waals surface area contributed by atoms with Crippen molar-refractivity contribution in [3.05, 3.63) is 22.6 Å². The third kappa shape index (κ3) is 3.64. The van der Waals surface area contributed by atoms with Gasteiger partial charge < -0.3 is 15.6 Å². The number of amides is 1. The number of rotatable bonds is 7. The first-order chi connectivity index (χ1) is 10.2. The van der Waals surface area contributed by atoms with Crippen LogP contribution < -0.4 is 11.1 Å². The Bertz CT molecular complexity index is 604. The summed E-state index contributed by atoms with van der Waals surface area (Å²) in [7, 11) is 0. The van der Waals surface area contributed by atoms with Gasteiger partial charge in [0.25, 0.3) is 5.91 Å². The van der Waals surface area contributed by atoms with Gasteiger partial charge in [-0.2, -0.15) is 0 Å². The standard InChI is InChI=1S/C15H21N3O2S/c1-3-5-6-9-17-15(19)12-13(18-20-14(12)16)11-8-7-10(4-2)21-11/h7-8H,3-6,9,16H2,1-2H3,(H,17,19). The molecule has 0 radical (unpaired) electrons. The number of nitrogens with one attached hydrogen (secondary N) is 1. The van der Waals surface area contributed by atoms with Crippen LogP contribution in [0.3, 0.4) is 0 Å². The summed E-state index contributed by atoms with van der Waals surface area (Å²) in [4.78, 5) is 14.4. The molecule has 2 aromatic heterocycles. The molecule has 2 rings (SSSR count). The number of nitrogen functional groups attached to an aromatic ring is 1. The van der Waals surface area contributed by atoms with Crippen LogP contribution in [-0.4, -0.2) is 17.6 Å². The zero-order chi connectivity index (χ0) is 15.2. The van der Waals surface area contributed by atoms with Crippen LogP contribution in [-0.2, 0) is 6.42 Å². The summed E-state index contributed by atoms with van der Waals surface area (Å²) in [6.07, 6.45) is 4.13. The van der Waals surface area contributed by atoms with E-state index in [-0.39, 0.29) is 11.8 Å². The summed E-state index contributed by atoms with van der Waals surface area (Å²) in [5.74, 6) is -0.143. The van der Waals surface area contributed by atoms with Gasteiger partial charge in [0.15, 0.2) is 0 Å². The first-order valence-corrected chi connectivity index (χ1v) is 8.11. The van der Waals surface area contributed by atoms with E-state index >= 15 is 0 Å². The molecule has 2 aromatic rings. The third-order valence-electron chi connectivity index (χ3n) is 3.25. The molecule has 0 atom stereocenters. The second-order valence-corrected chi connectivity index (χ2v) is 6.02. The first kappa shape index (κ1) is 15.6. The molecule has 2 heterocycles. The molecular weight excluding hydrogens is 286 g/mol. The number of unbranched alkanes of at least 4 members (excludes halogenated alkanes) is 2. The lowest BCUT2D eigenvalue weighted by Gasteiger charge is -2.04. The van der Waals surface area contributed by atoms with Crippen LogP contribution in [0.2, 0.25) is 0 Å². The van der Waals surface area contributed by atoms with Gasteiger partial charge in [-0.25, -0.2) is 0 Å². The van der Waals surface area contributed by atoms with Crippen molar-refractivity contribution in [2.24, 2.45) is 0 Å². The Balaban J connectivity index is 2.15. The van der Waals surface area contributed by atoms with Crippen molar-refractivity contribution in [2.75, 3.05) is 12.3 Å². The highest BCUT2D eigenvalue weighted by atomic mass is 32.1. The van der Waals surface area contributed by atoms with Crippen molar-refractivity contribution in [2.45, 2.75) is 39.5 Å². The number of hydrogen-bond donors (Lipinski definition) is 2. The molecule has 0 spiro atoms. The maximum atomic E-state index is 12.3. The molecule has 6 heteroatoms. The fraction of sp³-hybridized carbons (Fsp3) is 0.467. The number of carbonyl (C=O) groups is 1. The lowest BCUT2D eigenvalue weighted by Crippen LogP contribution is -2.25. The van der Waals surface area contributed by atoms with E-state index in [1.165, 1.54) is 4.88 Å². The van der Waals surface area contributed by atoms with Crippen molar-refractivity contribution < 1.29 is 9.32 Å². The molecule has 0 saturated carbocycles. The van der Waals surface area contributed by atoms with E-state index in [1.54, 1.807) is 11.3 Å². The van der Waals surface area contributed by atoms with Crippen molar-refractivity contribution in [3.8, 4) is 10.6 Å². The Kier molecular flexibility index (Phi) is 5.38. The third-order valence-corrected chi connectivity index (χ3v) is 4.49. The van der Waals surface area contributed by atoms with Crippen molar-refractivity contribution in [1.82, 2.24) is 10.5 Å². The van der Waals surface area contributed by atoms with E-state index in [0.29, 0.717) is 17.8 Å². The highest BCUT2D eigenvalue weighted by Gasteiger charge is 2.23. The second-order valence-electron chi connectivity index (χ2n) is 4.85. The van der Waals surface area contributed by atoms with E-state index in [9.17, 15) is 4.79 Å². The number of carbonyl (C=O) groups excluding carboxylic acids is 1. The van der Waals surface area contributed by atoms with Gasteiger partial charge in [0.2, 0.25) is 5.88 Å². The average molecular weight is 307 g/mol. The molecule has 0 aromatic carbocycles. The van der Waals surface area contributed by atoms with Gasteiger partial charge in [0.05, 0.1) is 4.88 Å². The number of anilines is 1. The molecular formula is C15H21N3O2S. The second kappa shape index (κ2) is 7.26. The Labute approximate surface area is 128 Å². The predicted octanol–water partition coefficient (Wildman–Crippen LogP) is 3.47. The summed E-state index contributed by atoms with van der Waals surface area (Å²) < 4.78 is 5.02. The van der Waals surface area contributed by atoms with E-state index in [0.717, 1.165) is 30.6 Å². The topological polar surface area (TPSA) is 81.2 Å². The maximum absolute atomic E-state index is 12.3. The smallest absolute Gasteiger partial charge is 0.259 e. The van der Waals surface area contributed by atoms with E-state index in [4.69, 9.17) is 10.3 Å². The molecule has 3 N–H and O–H groups in total. The Morgan fingerprint density at radius 3 is 2.86 bits per heavy atom. The summed E-state index contributed by atoms with van der Waals surface area (Å²) >= 11 is 1.60. The molecule has 0 fully saturated rings. The number of aromatic nitrogens is 1. The van der Waals surface area contributed by atoms with Crippen LogP contribution in [0.5, 0.6) is 0 Å². The minimum atomic E-state index is -0.216. The fourth-order valence-electron chi connectivity index (χ4n) is 2.05. The van der Waals surface area contributed by atoms with Gasteiger partial charge in [-0.3, -0.25) is 4.79 Å². The number of nitrogens with two attached hydrogens (primary N) is 1. The largest absolute Gasteiger partial charge is 0.367 e. The molecule has 0 aliphatic rings. The molecule has 0 aliphatic carbocycles. The quantitative estimate of drug-likeness (QED) is 0.767. The van der Waals surface area contributed by atoms with E-state index in [2.05, 4.69) is 24.3 Å². The molecule has 0 aliphatic heterocycles. The van der Waals surface area contributed by atoms with Crippen LogP contribution in [0.15, 0.2) is 16.7 Å². The maximum Gasteiger partial charge on any atom is 0.259 e. The van der Waals surface area contributed by atoms with E-state index < -0.39 is 0 Å². The highest BCUT2D eigenvalue weighted by Crippen LogP contribution is 2.32. The summed E-state index contributed by atoms with van der Waals surface area (Å²) in [5, 5.41) is 6.83. The van der Waals surface area contributed by atoms with Crippen molar-refractivity contribution in [3.63, 3.8) is 0 Å². The molecule has 114 valence electrons. The minimum Gasteiger partial charge on any atom is -0.367 e. The van der Waals surface area contributed by atoms with Gasteiger partial charge >= 0.3 is 0 Å². The van der Waals surface area contributed by atoms with E-state index in [1.807, 2.05) is 12.1 Å². The van der Waals surface area contributed by atoms with Crippen molar-refractivity contribution >= 4 is 23.1 Å².